The van der Waals surface area contributed by atoms with E-state index in [0.717, 1.165) is 5.56 Å². The predicted octanol–water partition coefficient (Wildman–Crippen LogP) is 2.92. The number of pyridine rings is 1. The van der Waals surface area contributed by atoms with Crippen molar-refractivity contribution in [2.45, 2.75) is 6.92 Å². The van der Waals surface area contributed by atoms with Gasteiger partial charge < -0.3 is 10.4 Å². The van der Waals surface area contributed by atoms with Crippen LogP contribution in [0.5, 0.6) is 0 Å². The van der Waals surface area contributed by atoms with E-state index in [1.54, 1.807) is 42.6 Å². The summed E-state index contributed by atoms with van der Waals surface area (Å²) >= 11 is 0. The van der Waals surface area contributed by atoms with Crippen molar-refractivity contribution in [1.82, 2.24) is 20.3 Å². The monoisotopic (exact) mass is 352 g/mol. The van der Waals surface area contributed by atoms with E-state index in [1.807, 2.05) is 6.92 Å². The van der Waals surface area contributed by atoms with Gasteiger partial charge in [-0.2, -0.15) is 0 Å². The summed E-state index contributed by atoms with van der Waals surface area (Å²) in [6.07, 6.45) is 0.486. The molecule has 0 aliphatic rings. The Bertz CT molecular complexity index is 958. The maximum atomic E-state index is 11.6. The van der Waals surface area contributed by atoms with E-state index in [9.17, 15) is 9.59 Å². The van der Waals surface area contributed by atoms with Crippen molar-refractivity contribution in [3.63, 3.8) is 0 Å². The molecule has 0 saturated carbocycles. The number of urea groups is 1. The van der Waals surface area contributed by atoms with Gasteiger partial charge in [0.25, 0.3) is 0 Å². The summed E-state index contributed by atoms with van der Waals surface area (Å²) < 4.78 is 0. The number of fused-ring (bicyclic) bond motifs is 1. The lowest BCUT2D eigenvalue weighted by molar-refractivity contribution is 0.209. The van der Waals surface area contributed by atoms with E-state index < -0.39 is 6.09 Å². The maximum Gasteiger partial charge on any atom is 0.409 e. The van der Waals surface area contributed by atoms with Crippen LogP contribution in [0.25, 0.3) is 22.4 Å². The van der Waals surface area contributed by atoms with Crippen LogP contribution in [-0.4, -0.2) is 38.7 Å². The second kappa shape index (κ2) is 7.43. The van der Waals surface area contributed by atoms with Crippen LogP contribution in [0.4, 0.5) is 21.1 Å². The number of benzene rings is 1. The number of carbonyl (C=O) groups excluding carboxylic acids is 1. The minimum absolute atomic E-state index is 0.343. The fraction of sp³-hybridized carbons (Fsp3) is 0.118. The van der Waals surface area contributed by atoms with Gasteiger partial charge in [0.15, 0.2) is 5.65 Å². The van der Waals surface area contributed by atoms with Gasteiger partial charge in [0.2, 0.25) is 0 Å². The summed E-state index contributed by atoms with van der Waals surface area (Å²) in [7, 11) is 0. The third-order valence-electron chi connectivity index (χ3n) is 3.42. The Balaban J connectivity index is 1.87. The lowest BCUT2D eigenvalue weighted by Gasteiger charge is -2.07. The molecule has 0 aliphatic heterocycles. The third kappa shape index (κ3) is 4.01. The van der Waals surface area contributed by atoms with Gasteiger partial charge in [0.05, 0.1) is 11.9 Å². The molecule has 9 heteroatoms. The van der Waals surface area contributed by atoms with Gasteiger partial charge in [-0.15, -0.1) is 0 Å². The highest BCUT2D eigenvalue weighted by Gasteiger charge is 2.07. The second-order valence-corrected chi connectivity index (χ2v) is 5.29. The summed E-state index contributed by atoms with van der Waals surface area (Å²) in [5, 5.41) is 16.2. The van der Waals surface area contributed by atoms with E-state index in [2.05, 4.69) is 30.9 Å². The van der Waals surface area contributed by atoms with Gasteiger partial charge in [-0.3, -0.25) is 15.6 Å². The zero-order chi connectivity index (χ0) is 18.5. The highest BCUT2D eigenvalue weighted by molar-refractivity contribution is 5.89. The molecule has 26 heavy (non-hydrogen) atoms. The molecule has 9 nitrogen and oxygen atoms in total. The van der Waals surface area contributed by atoms with Crippen LogP contribution in [0.1, 0.15) is 6.92 Å². The molecule has 0 radical (unpaired) electrons. The molecule has 2 aromatic heterocycles. The van der Waals surface area contributed by atoms with Crippen LogP contribution in [0, 0.1) is 0 Å². The number of carbonyl (C=O) groups is 2. The first-order chi connectivity index (χ1) is 12.5. The van der Waals surface area contributed by atoms with Crippen molar-refractivity contribution in [3.05, 3.63) is 42.6 Å². The van der Waals surface area contributed by atoms with E-state index in [-0.39, 0.29) is 6.03 Å². The topological polar surface area (TPSA) is 129 Å². The van der Waals surface area contributed by atoms with Gasteiger partial charge in [0, 0.05) is 17.8 Å². The van der Waals surface area contributed by atoms with Crippen molar-refractivity contribution in [2.75, 3.05) is 17.2 Å². The van der Waals surface area contributed by atoms with E-state index >= 15 is 0 Å². The number of nitrogens with zero attached hydrogens (tertiary/aromatic N) is 3. The van der Waals surface area contributed by atoms with Crippen LogP contribution in [-0.2, 0) is 0 Å². The molecule has 132 valence electrons. The standard InChI is InChI=1S/C17H16N6O3/c1-2-18-16(24)23-14-8-7-12-15(22-14)21-13(9-19-12)10-3-5-11(6-4-10)20-17(25)26/h3-9,20H,2H2,1H3,(H,25,26)(H2,18,21,22,23,24). The van der Waals surface area contributed by atoms with Crippen molar-refractivity contribution in [3.8, 4) is 11.3 Å². The molecule has 0 fully saturated rings. The molecule has 3 amide bonds. The molecular weight excluding hydrogens is 336 g/mol. The first-order valence-corrected chi connectivity index (χ1v) is 7.84. The van der Waals surface area contributed by atoms with Gasteiger partial charge in [-0.1, -0.05) is 12.1 Å². The van der Waals surface area contributed by atoms with Crippen molar-refractivity contribution in [2.24, 2.45) is 0 Å². The Morgan fingerprint density at radius 2 is 1.81 bits per heavy atom. The minimum atomic E-state index is -1.13. The first-order valence-electron chi connectivity index (χ1n) is 7.84. The summed E-state index contributed by atoms with van der Waals surface area (Å²) in [4.78, 5) is 35.3. The summed E-state index contributed by atoms with van der Waals surface area (Å²) in [5.41, 5.74) is 2.80. The van der Waals surface area contributed by atoms with Crippen molar-refractivity contribution >= 4 is 34.8 Å². The van der Waals surface area contributed by atoms with E-state index in [0.29, 0.717) is 34.9 Å². The van der Waals surface area contributed by atoms with E-state index in [4.69, 9.17) is 5.11 Å². The quantitative estimate of drug-likeness (QED) is 0.571. The van der Waals surface area contributed by atoms with Crippen molar-refractivity contribution < 1.29 is 14.7 Å². The average Bonchev–Trinajstić information content (AvgIpc) is 2.61. The predicted molar refractivity (Wildman–Crippen MR) is 97.1 cm³/mol. The fourth-order valence-corrected chi connectivity index (χ4v) is 2.28. The normalized spacial score (nSPS) is 10.3. The number of amides is 3. The van der Waals surface area contributed by atoms with Crippen LogP contribution in [0.15, 0.2) is 42.6 Å². The number of hydrogen-bond acceptors (Lipinski definition) is 5. The molecule has 4 N–H and O–H groups in total. The first kappa shape index (κ1) is 17.1. The largest absolute Gasteiger partial charge is 0.465 e. The number of carboxylic acid groups (broad SMARTS) is 1. The van der Waals surface area contributed by atoms with Gasteiger partial charge in [-0.25, -0.2) is 19.6 Å². The zero-order valence-corrected chi connectivity index (χ0v) is 13.9. The molecule has 0 spiro atoms. The Morgan fingerprint density at radius 1 is 1.04 bits per heavy atom. The van der Waals surface area contributed by atoms with Gasteiger partial charge in [-0.05, 0) is 31.2 Å². The average molecular weight is 352 g/mol. The molecule has 0 atom stereocenters. The van der Waals surface area contributed by atoms with Crippen LogP contribution in [0.3, 0.4) is 0 Å². The zero-order valence-electron chi connectivity index (χ0n) is 13.9. The van der Waals surface area contributed by atoms with Gasteiger partial charge >= 0.3 is 12.1 Å². The second-order valence-electron chi connectivity index (χ2n) is 5.29. The number of rotatable bonds is 4. The molecule has 0 saturated heterocycles. The van der Waals surface area contributed by atoms with Crippen molar-refractivity contribution in [1.29, 1.82) is 0 Å². The highest BCUT2D eigenvalue weighted by atomic mass is 16.4. The summed E-state index contributed by atoms with van der Waals surface area (Å²) in [6, 6.07) is 9.77. The lowest BCUT2D eigenvalue weighted by atomic mass is 10.1. The molecule has 2 heterocycles. The molecule has 3 aromatic rings. The van der Waals surface area contributed by atoms with Crippen LogP contribution >= 0.6 is 0 Å². The smallest absolute Gasteiger partial charge is 0.409 e. The lowest BCUT2D eigenvalue weighted by Crippen LogP contribution is -2.28. The molecule has 0 aliphatic carbocycles. The van der Waals surface area contributed by atoms with Crippen LogP contribution < -0.4 is 16.0 Å². The molecule has 0 bridgehead atoms. The van der Waals surface area contributed by atoms with E-state index in [1.165, 1.54) is 0 Å². The van der Waals surface area contributed by atoms with Gasteiger partial charge in [0.1, 0.15) is 11.3 Å². The Morgan fingerprint density at radius 3 is 2.50 bits per heavy atom. The molecular formula is C17H16N6O3. The number of hydrogen-bond donors (Lipinski definition) is 4. The van der Waals surface area contributed by atoms with Crippen LogP contribution in [0.2, 0.25) is 0 Å². The Hall–Kier alpha value is -3.75. The maximum absolute atomic E-state index is 11.6. The SMILES string of the molecule is CCNC(=O)Nc1ccc2ncc(-c3ccc(NC(=O)O)cc3)nc2n1. The number of nitrogens with one attached hydrogen (secondary N) is 3. The number of aromatic nitrogens is 3. The molecule has 3 rings (SSSR count). The number of anilines is 2. The molecule has 1 aromatic carbocycles. The molecule has 0 unspecified atom stereocenters. The summed E-state index contributed by atoms with van der Waals surface area (Å²) in [5.74, 6) is 0.371. The Labute approximate surface area is 148 Å². The fourth-order valence-electron chi connectivity index (χ4n) is 2.28. The summed E-state index contributed by atoms with van der Waals surface area (Å²) in [6.45, 7) is 2.33. The minimum Gasteiger partial charge on any atom is -0.465 e. The highest BCUT2D eigenvalue weighted by Crippen LogP contribution is 2.21. The third-order valence-corrected chi connectivity index (χ3v) is 3.42. The Kier molecular flexibility index (Phi) is 4.88.